The van der Waals surface area contributed by atoms with Crippen LogP contribution < -0.4 is 0 Å². The van der Waals surface area contributed by atoms with Crippen LogP contribution in [-0.4, -0.2) is 24.2 Å². The van der Waals surface area contributed by atoms with Gasteiger partial charge in [-0.05, 0) is 44.5 Å². The largest absolute Gasteiger partial charge is 0.480 e. The van der Waals surface area contributed by atoms with E-state index in [9.17, 15) is 17.6 Å². The minimum atomic E-state index is -4.05. The Hall–Kier alpha value is -1.43. The molecule has 0 aliphatic carbocycles. The molecule has 1 aromatic carbocycles. The van der Waals surface area contributed by atoms with Crippen LogP contribution in [0.4, 0.5) is 4.39 Å². The summed E-state index contributed by atoms with van der Waals surface area (Å²) in [5.41, 5.74) is 0.194. The van der Waals surface area contributed by atoms with E-state index in [0.717, 1.165) is 32.0 Å². The van der Waals surface area contributed by atoms with Gasteiger partial charge in [-0.15, -0.1) is 0 Å². The molecule has 0 aromatic heterocycles. The number of benzene rings is 1. The summed E-state index contributed by atoms with van der Waals surface area (Å²) < 4.78 is 35.2. The summed E-state index contributed by atoms with van der Waals surface area (Å²) in [6.07, 6.45) is 0. The number of hydrogen-bond donors (Lipinski definition) is 1. The molecule has 1 N–H and O–H groups in total. The third-order valence-corrected chi connectivity index (χ3v) is 5.17. The lowest BCUT2D eigenvalue weighted by Crippen LogP contribution is -2.40. The third-order valence-electron chi connectivity index (χ3n) is 2.61. The fourth-order valence-corrected chi connectivity index (χ4v) is 2.81. The Morgan fingerprint density at radius 2 is 1.88 bits per heavy atom. The van der Waals surface area contributed by atoms with E-state index in [-0.39, 0.29) is 10.5 Å². The average Bonchev–Trinajstić information content (AvgIpc) is 2.16. The second-order valence-electron chi connectivity index (χ2n) is 4.23. The average molecular weight is 260 g/mol. The molecule has 94 valence electrons. The number of sulfone groups is 1. The number of aryl methyl sites for hydroxylation is 1. The Kier molecular flexibility index (Phi) is 3.29. The molecule has 17 heavy (non-hydrogen) atoms. The molecular weight excluding hydrogens is 247 g/mol. The highest BCUT2D eigenvalue weighted by Crippen LogP contribution is 2.28. The molecule has 0 amide bonds. The van der Waals surface area contributed by atoms with Crippen LogP contribution in [-0.2, 0) is 14.6 Å². The first-order chi connectivity index (χ1) is 7.60. The molecule has 0 fully saturated rings. The Morgan fingerprint density at radius 1 is 1.35 bits per heavy atom. The highest BCUT2D eigenvalue weighted by Gasteiger charge is 2.43. The molecule has 1 rings (SSSR count). The Morgan fingerprint density at radius 3 is 2.29 bits per heavy atom. The Balaban J connectivity index is 3.47. The monoisotopic (exact) mass is 260 g/mol. The molecule has 0 atom stereocenters. The molecule has 0 aliphatic heterocycles. The predicted octanol–water partition coefficient (Wildman–Crippen LogP) is 1.77. The summed E-state index contributed by atoms with van der Waals surface area (Å²) in [5, 5.41) is 8.93. The summed E-state index contributed by atoms with van der Waals surface area (Å²) in [6, 6.07) is 3.15. The maximum absolute atomic E-state index is 12.9. The van der Waals surface area contributed by atoms with Gasteiger partial charge in [0.25, 0.3) is 0 Å². The Labute approximate surface area is 99.0 Å². The number of carboxylic acids is 1. The number of hydrogen-bond acceptors (Lipinski definition) is 3. The summed E-state index contributed by atoms with van der Waals surface area (Å²) in [4.78, 5) is 10.8. The van der Waals surface area contributed by atoms with Crippen molar-refractivity contribution >= 4 is 15.8 Å². The van der Waals surface area contributed by atoms with Gasteiger partial charge in [0.2, 0.25) is 0 Å². The van der Waals surface area contributed by atoms with Crippen molar-refractivity contribution in [1.29, 1.82) is 0 Å². The first kappa shape index (κ1) is 13.6. The first-order valence-electron chi connectivity index (χ1n) is 4.85. The quantitative estimate of drug-likeness (QED) is 0.841. The van der Waals surface area contributed by atoms with Crippen molar-refractivity contribution in [1.82, 2.24) is 0 Å². The minimum Gasteiger partial charge on any atom is -0.480 e. The zero-order valence-electron chi connectivity index (χ0n) is 9.69. The van der Waals surface area contributed by atoms with Gasteiger partial charge in [-0.2, -0.15) is 0 Å². The smallest absolute Gasteiger partial charge is 0.324 e. The van der Waals surface area contributed by atoms with Crippen molar-refractivity contribution in [2.75, 3.05) is 0 Å². The molecule has 0 heterocycles. The molecule has 0 unspecified atom stereocenters. The normalized spacial score (nSPS) is 12.5. The minimum absolute atomic E-state index is 0.161. The van der Waals surface area contributed by atoms with E-state index in [1.807, 2.05) is 0 Å². The van der Waals surface area contributed by atoms with Crippen molar-refractivity contribution in [2.24, 2.45) is 0 Å². The van der Waals surface area contributed by atoms with Crippen molar-refractivity contribution in [3.8, 4) is 0 Å². The second kappa shape index (κ2) is 4.10. The van der Waals surface area contributed by atoms with Gasteiger partial charge in [0.05, 0.1) is 4.90 Å². The van der Waals surface area contributed by atoms with Crippen LogP contribution in [0.15, 0.2) is 23.1 Å². The second-order valence-corrected chi connectivity index (χ2v) is 6.70. The van der Waals surface area contributed by atoms with Crippen LogP contribution in [0.25, 0.3) is 0 Å². The standard InChI is InChI=1S/C11H13FO4S/c1-7-6-8(12)4-5-9(7)17(15,16)11(2,3)10(13)14/h4-6H,1-3H3,(H,13,14). The van der Waals surface area contributed by atoms with E-state index in [1.165, 1.54) is 6.92 Å². The van der Waals surface area contributed by atoms with Crippen molar-refractivity contribution in [3.63, 3.8) is 0 Å². The number of aliphatic carboxylic acids is 1. The van der Waals surface area contributed by atoms with E-state index in [1.54, 1.807) is 0 Å². The van der Waals surface area contributed by atoms with Crippen LogP contribution in [0.1, 0.15) is 19.4 Å². The van der Waals surface area contributed by atoms with Crippen LogP contribution in [0, 0.1) is 12.7 Å². The lowest BCUT2D eigenvalue weighted by Gasteiger charge is -2.20. The summed E-state index contributed by atoms with van der Waals surface area (Å²) in [6.45, 7) is 3.63. The molecule has 0 radical (unpaired) electrons. The van der Waals surface area contributed by atoms with E-state index < -0.39 is 26.4 Å². The maximum Gasteiger partial charge on any atom is 0.324 e. The van der Waals surface area contributed by atoms with Gasteiger partial charge in [0.15, 0.2) is 14.6 Å². The van der Waals surface area contributed by atoms with Crippen molar-refractivity contribution < 1.29 is 22.7 Å². The molecule has 1 aromatic rings. The predicted molar refractivity (Wildman–Crippen MR) is 60.0 cm³/mol. The molecule has 6 heteroatoms. The van der Waals surface area contributed by atoms with Gasteiger partial charge < -0.3 is 5.11 Å². The van der Waals surface area contributed by atoms with Gasteiger partial charge in [0, 0.05) is 0 Å². The van der Waals surface area contributed by atoms with Crippen LogP contribution in [0.2, 0.25) is 0 Å². The van der Waals surface area contributed by atoms with Crippen molar-refractivity contribution in [2.45, 2.75) is 30.4 Å². The summed E-state index contributed by atoms with van der Waals surface area (Å²) >= 11 is 0. The fourth-order valence-electron chi connectivity index (χ4n) is 1.30. The number of carboxylic acid groups (broad SMARTS) is 1. The number of rotatable bonds is 3. The SMILES string of the molecule is Cc1cc(F)ccc1S(=O)(=O)C(C)(C)C(=O)O. The van der Waals surface area contributed by atoms with Gasteiger partial charge in [-0.1, -0.05) is 0 Å². The van der Waals surface area contributed by atoms with Gasteiger partial charge in [0.1, 0.15) is 5.82 Å². The van der Waals surface area contributed by atoms with Crippen LogP contribution >= 0.6 is 0 Å². The number of halogens is 1. The van der Waals surface area contributed by atoms with Gasteiger partial charge >= 0.3 is 5.97 Å². The van der Waals surface area contributed by atoms with E-state index in [0.29, 0.717) is 0 Å². The van der Waals surface area contributed by atoms with E-state index >= 15 is 0 Å². The first-order valence-corrected chi connectivity index (χ1v) is 6.33. The van der Waals surface area contributed by atoms with Gasteiger partial charge in [-0.3, -0.25) is 4.79 Å². The molecule has 0 bridgehead atoms. The number of carbonyl (C=O) groups is 1. The third kappa shape index (κ3) is 2.17. The molecule has 0 saturated carbocycles. The summed E-state index contributed by atoms with van der Waals surface area (Å²) in [7, 11) is -4.05. The fraction of sp³-hybridized carbons (Fsp3) is 0.364. The molecule has 4 nitrogen and oxygen atoms in total. The van der Waals surface area contributed by atoms with Gasteiger partial charge in [-0.25, -0.2) is 12.8 Å². The molecule has 0 aliphatic rings. The zero-order valence-corrected chi connectivity index (χ0v) is 10.5. The zero-order chi connectivity index (χ0) is 13.4. The topological polar surface area (TPSA) is 71.4 Å². The van der Waals surface area contributed by atoms with Crippen LogP contribution in [0.5, 0.6) is 0 Å². The lowest BCUT2D eigenvalue weighted by molar-refractivity contribution is -0.139. The molecule has 0 saturated heterocycles. The van der Waals surface area contributed by atoms with Crippen molar-refractivity contribution in [3.05, 3.63) is 29.6 Å². The van der Waals surface area contributed by atoms with Crippen LogP contribution in [0.3, 0.4) is 0 Å². The highest BCUT2D eigenvalue weighted by molar-refractivity contribution is 7.93. The molecule has 0 spiro atoms. The van der Waals surface area contributed by atoms with E-state index in [4.69, 9.17) is 5.11 Å². The lowest BCUT2D eigenvalue weighted by atomic mass is 10.2. The Bertz CT molecular complexity index is 561. The maximum atomic E-state index is 12.9. The molecular formula is C11H13FO4S. The van der Waals surface area contributed by atoms with E-state index in [2.05, 4.69) is 0 Å². The summed E-state index contributed by atoms with van der Waals surface area (Å²) in [5.74, 6) is -2.00. The highest BCUT2D eigenvalue weighted by atomic mass is 32.2.